The Morgan fingerprint density at radius 3 is 2.89 bits per heavy atom. The number of aliphatic hydroxyl groups is 1. The van der Waals surface area contributed by atoms with Crippen molar-refractivity contribution in [3.63, 3.8) is 0 Å². The number of rotatable bonds is 5. The van der Waals surface area contributed by atoms with Crippen molar-refractivity contribution in [1.29, 1.82) is 0 Å². The van der Waals surface area contributed by atoms with Crippen molar-refractivity contribution in [3.05, 3.63) is 30.1 Å². The Bertz CT molecular complexity index is 398. The first-order valence-corrected chi connectivity index (χ1v) is 6.01. The van der Waals surface area contributed by atoms with Gasteiger partial charge in [0.15, 0.2) is 0 Å². The molecule has 0 bridgehead atoms. The molecule has 98 valence electrons. The molecule has 0 aliphatic carbocycles. The van der Waals surface area contributed by atoms with E-state index < -0.39 is 5.41 Å². The lowest BCUT2D eigenvalue weighted by Crippen LogP contribution is -2.56. The Kier molecular flexibility index (Phi) is 3.93. The van der Waals surface area contributed by atoms with E-state index in [9.17, 15) is 9.90 Å². The first kappa shape index (κ1) is 13.0. The van der Waals surface area contributed by atoms with Gasteiger partial charge in [0.25, 0.3) is 0 Å². The van der Waals surface area contributed by atoms with Crippen LogP contribution in [0.1, 0.15) is 5.56 Å². The van der Waals surface area contributed by atoms with Crippen LogP contribution >= 0.6 is 0 Å². The zero-order valence-electron chi connectivity index (χ0n) is 10.5. The molecule has 0 unspecified atom stereocenters. The van der Waals surface area contributed by atoms with Crippen molar-refractivity contribution in [2.75, 3.05) is 33.4 Å². The van der Waals surface area contributed by atoms with Crippen molar-refractivity contribution in [2.45, 2.75) is 6.42 Å². The summed E-state index contributed by atoms with van der Waals surface area (Å²) in [5.41, 5.74) is 0.393. The molecule has 1 aliphatic heterocycles. The number of aromatic nitrogens is 1. The van der Waals surface area contributed by atoms with Crippen molar-refractivity contribution < 1.29 is 14.6 Å². The Labute approximate surface area is 106 Å². The molecule has 0 atom stereocenters. The van der Waals surface area contributed by atoms with Gasteiger partial charge in [-0.15, -0.1) is 0 Å². The van der Waals surface area contributed by atoms with E-state index >= 15 is 0 Å². The Balaban J connectivity index is 1.88. The number of hydrogen-bond acceptors (Lipinski definition) is 4. The number of amides is 1. The highest BCUT2D eigenvalue weighted by Gasteiger charge is 2.46. The molecular weight excluding hydrogens is 232 g/mol. The van der Waals surface area contributed by atoms with E-state index in [1.165, 1.54) is 0 Å². The van der Waals surface area contributed by atoms with Crippen molar-refractivity contribution in [2.24, 2.45) is 5.41 Å². The molecule has 2 heterocycles. The van der Waals surface area contributed by atoms with Crippen LogP contribution in [0.15, 0.2) is 24.5 Å². The first-order valence-electron chi connectivity index (χ1n) is 6.01. The van der Waals surface area contributed by atoms with Crippen LogP contribution in [-0.4, -0.2) is 54.3 Å². The maximum Gasteiger partial charge on any atom is 0.235 e. The van der Waals surface area contributed by atoms with Gasteiger partial charge in [-0.25, -0.2) is 0 Å². The number of carbonyl (C=O) groups is 1. The van der Waals surface area contributed by atoms with E-state index in [0.717, 1.165) is 12.0 Å². The average molecular weight is 250 g/mol. The number of hydrogen-bond donors (Lipinski definition) is 1. The summed E-state index contributed by atoms with van der Waals surface area (Å²) in [6.45, 7) is 1.11. The van der Waals surface area contributed by atoms with Crippen LogP contribution in [0.4, 0.5) is 0 Å². The molecule has 1 aliphatic rings. The predicted octanol–water partition coefficient (Wildman–Crippen LogP) is 0.0914. The molecule has 1 aromatic rings. The molecule has 5 nitrogen and oxygen atoms in total. The smallest absolute Gasteiger partial charge is 0.235 e. The fraction of sp³-hybridized carbons (Fsp3) is 0.538. The molecule has 1 fully saturated rings. The zero-order valence-corrected chi connectivity index (χ0v) is 10.5. The number of nitrogens with zero attached hydrogens (tertiary/aromatic N) is 2. The van der Waals surface area contributed by atoms with E-state index in [1.807, 2.05) is 12.1 Å². The second kappa shape index (κ2) is 5.46. The van der Waals surface area contributed by atoms with Gasteiger partial charge in [0, 0.05) is 26.0 Å². The molecule has 1 saturated heterocycles. The van der Waals surface area contributed by atoms with E-state index in [2.05, 4.69) is 4.98 Å². The normalized spacial score (nSPS) is 17.0. The number of pyridine rings is 1. The third-order valence-corrected chi connectivity index (χ3v) is 3.32. The Hall–Kier alpha value is -1.46. The van der Waals surface area contributed by atoms with Crippen LogP contribution in [0.25, 0.3) is 0 Å². The lowest BCUT2D eigenvalue weighted by Gasteiger charge is -2.40. The van der Waals surface area contributed by atoms with Gasteiger partial charge >= 0.3 is 0 Å². The number of ether oxygens (including phenoxy) is 1. The van der Waals surface area contributed by atoms with Crippen LogP contribution in [0.3, 0.4) is 0 Å². The summed E-state index contributed by atoms with van der Waals surface area (Å²) in [6.07, 6.45) is 4.29. The Morgan fingerprint density at radius 1 is 1.61 bits per heavy atom. The van der Waals surface area contributed by atoms with Gasteiger partial charge in [-0.3, -0.25) is 9.78 Å². The van der Waals surface area contributed by atoms with E-state index in [4.69, 9.17) is 4.74 Å². The molecule has 5 heteroatoms. The molecule has 1 aromatic heterocycles. The van der Waals surface area contributed by atoms with E-state index in [0.29, 0.717) is 19.8 Å². The summed E-state index contributed by atoms with van der Waals surface area (Å²) in [6, 6.07) is 3.87. The number of carbonyl (C=O) groups excluding carboxylic acids is 1. The molecule has 1 amide bonds. The molecule has 0 radical (unpaired) electrons. The monoisotopic (exact) mass is 250 g/mol. The second-order valence-electron chi connectivity index (χ2n) is 4.77. The van der Waals surface area contributed by atoms with Crippen LogP contribution in [0, 0.1) is 5.41 Å². The third kappa shape index (κ3) is 2.52. The van der Waals surface area contributed by atoms with Gasteiger partial charge in [0.2, 0.25) is 5.91 Å². The predicted molar refractivity (Wildman–Crippen MR) is 65.9 cm³/mol. The quantitative estimate of drug-likeness (QED) is 0.804. The summed E-state index contributed by atoms with van der Waals surface area (Å²) in [4.78, 5) is 17.9. The molecular formula is C13H18N2O3. The van der Waals surface area contributed by atoms with E-state index in [-0.39, 0.29) is 12.5 Å². The van der Waals surface area contributed by atoms with Crippen molar-refractivity contribution in [1.82, 2.24) is 9.88 Å². The highest BCUT2D eigenvalue weighted by molar-refractivity contribution is 5.83. The first-order chi connectivity index (χ1) is 8.68. The minimum absolute atomic E-state index is 0.0415. The number of likely N-dealkylation sites (N-methyl/N-ethyl adjacent to an activating group) is 1. The third-order valence-electron chi connectivity index (χ3n) is 3.32. The second-order valence-corrected chi connectivity index (χ2v) is 4.77. The molecule has 1 N–H and O–H groups in total. The van der Waals surface area contributed by atoms with Crippen molar-refractivity contribution in [3.8, 4) is 0 Å². The summed E-state index contributed by atoms with van der Waals surface area (Å²) in [5, 5.41) is 9.30. The van der Waals surface area contributed by atoms with Crippen LogP contribution < -0.4 is 0 Å². The topological polar surface area (TPSA) is 62.7 Å². The van der Waals surface area contributed by atoms with Gasteiger partial charge in [0.1, 0.15) is 5.41 Å². The standard InChI is InChI=1S/C13H18N2O3/c1-15(6-4-11-3-2-5-14-7-11)12(17)13(8-16)9-18-10-13/h2-3,5,7,16H,4,6,8-10H2,1H3. The van der Waals surface area contributed by atoms with Gasteiger partial charge in [-0.2, -0.15) is 0 Å². The molecule has 18 heavy (non-hydrogen) atoms. The maximum atomic E-state index is 12.2. The van der Waals surface area contributed by atoms with Gasteiger partial charge in [-0.05, 0) is 18.1 Å². The minimum atomic E-state index is -0.705. The summed E-state index contributed by atoms with van der Waals surface area (Å²) in [5.74, 6) is -0.0415. The fourth-order valence-electron chi connectivity index (χ4n) is 1.98. The lowest BCUT2D eigenvalue weighted by atomic mass is 9.85. The largest absolute Gasteiger partial charge is 0.395 e. The molecule has 0 aromatic carbocycles. The van der Waals surface area contributed by atoms with Crippen LogP contribution in [-0.2, 0) is 16.0 Å². The van der Waals surface area contributed by atoms with Crippen LogP contribution in [0.5, 0.6) is 0 Å². The minimum Gasteiger partial charge on any atom is -0.395 e. The van der Waals surface area contributed by atoms with E-state index in [1.54, 1.807) is 24.3 Å². The molecule has 0 saturated carbocycles. The van der Waals surface area contributed by atoms with Gasteiger partial charge in [-0.1, -0.05) is 6.07 Å². The highest BCUT2D eigenvalue weighted by atomic mass is 16.5. The maximum absolute atomic E-state index is 12.2. The lowest BCUT2D eigenvalue weighted by molar-refractivity contribution is -0.179. The van der Waals surface area contributed by atoms with Crippen LogP contribution in [0.2, 0.25) is 0 Å². The summed E-state index contributed by atoms with van der Waals surface area (Å²) in [7, 11) is 1.76. The number of aliphatic hydroxyl groups excluding tert-OH is 1. The fourth-order valence-corrected chi connectivity index (χ4v) is 1.98. The van der Waals surface area contributed by atoms with Crippen molar-refractivity contribution >= 4 is 5.91 Å². The SMILES string of the molecule is CN(CCc1cccnc1)C(=O)C1(CO)COC1. The zero-order chi connectivity index (χ0) is 13.0. The average Bonchev–Trinajstić information content (AvgIpc) is 2.36. The molecule has 2 rings (SSSR count). The summed E-state index contributed by atoms with van der Waals surface area (Å²) < 4.78 is 5.05. The Morgan fingerprint density at radius 2 is 2.39 bits per heavy atom. The van der Waals surface area contributed by atoms with Gasteiger partial charge < -0.3 is 14.7 Å². The highest BCUT2D eigenvalue weighted by Crippen LogP contribution is 2.28. The summed E-state index contributed by atoms with van der Waals surface area (Å²) >= 11 is 0. The molecule has 0 spiro atoms. The van der Waals surface area contributed by atoms with Gasteiger partial charge in [0.05, 0.1) is 19.8 Å².